The summed E-state index contributed by atoms with van der Waals surface area (Å²) in [7, 11) is 0. The third-order valence-electron chi connectivity index (χ3n) is 4.42. The third kappa shape index (κ3) is 4.09. The molecule has 1 aliphatic carbocycles. The highest BCUT2D eigenvalue weighted by Gasteiger charge is 2.25. The van der Waals surface area contributed by atoms with Crippen LogP contribution in [0.2, 0.25) is 10.0 Å². The molecule has 0 bridgehead atoms. The van der Waals surface area contributed by atoms with Crippen molar-refractivity contribution in [2.75, 3.05) is 13.1 Å². The normalized spacial score (nSPS) is 23.7. The van der Waals surface area contributed by atoms with Crippen LogP contribution in [0.1, 0.15) is 18.4 Å². The van der Waals surface area contributed by atoms with Gasteiger partial charge in [0.25, 0.3) is 0 Å². The summed E-state index contributed by atoms with van der Waals surface area (Å²) in [5.74, 6) is 0.00915. The molecule has 1 heterocycles. The summed E-state index contributed by atoms with van der Waals surface area (Å²) < 4.78 is 0. The van der Waals surface area contributed by atoms with Crippen molar-refractivity contribution in [3.8, 4) is 6.07 Å². The summed E-state index contributed by atoms with van der Waals surface area (Å²) in [4.78, 5) is 2.38. The molecule has 1 aromatic rings. The van der Waals surface area contributed by atoms with Gasteiger partial charge in [-0.25, -0.2) is 0 Å². The van der Waals surface area contributed by atoms with E-state index in [4.69, 9.17) is 28.5 Å². The molecule has 1 saturated heterocycles. The van der Waals surface area contributed by atoms with Crippen LogP contribution in [-0.4, -0.2) is 24.0 Å². The van der Waals surface area contributed by atoms with Crippen LogP contribution in [0.15, 0.2) is 42.1 Å². The Bertz CT molecular complexity index is 675. The number of allylic oxidation sites excluding steroid dienone is 4. The van der Waals surface area contributed by atoms with Gasteiger partial charge < -0.3 is 10.2 Å². The second-order valence-corrected chi connectivity index (χ2v) is 6.87. The van der Waals surface area contributed by atoms with Crippen LogP contribution in [0.4, 0.5) is 0 Å². The average molecular weight is 348 g/mol. The topological polar surface area (TPSA) is 39.1 Å². The van der Waals surface area contributed by atoms with E-state index in [1.807, 2.05) is 24.3 Å². The molecule has 1 aromatic carbocycles. The molecule has 3 rings (SSSR count). The molecular weight excluding hydrogens is 329 g/mol. The summed E-state index contributed by atoms with van der Waals surface area (Å²) in [5.41, 5.74) is 2.34. The quantitative estimate of drug-likeness (QED) is 0.889. The Labute approximate surface area is 147 Å². The van der Waals surface area contributed by atoms with E-state index in [1.54, 1.807) is 6.07 Å². The van der Waals surface area contributed by atoms with E-state index in [0.29, 0.717) is 16.1 Å². The van der Waals surface area contributed by atoms with Crippen molar-refractivity contribution in [3.05, 3.63) is 57.7 Å². The minimum atomic E-state index is 0.00915. The zero-order chi connectivity index (χ0) is 16.2. The Morgan fingerprint density at radius 3 is 3.00 bits per heavy atom. The maximum Gasteiger partial charge on any atom is 0.0701 e. The fourth-order valence-corrected chi connectivity index (χ4v) is 3.57. The van der Waals surface area contributed by atoms with Crippen LogP contribution >= 0.6 is 23.2 Å². The van der Waals surface area contributed by atoms with Crippen molar-refractivity contribution < 1.29 is 0 Å². The van der Waals surface area contributed by atoms with Gasteiger partial charge >= 0.3 is 0 Å². The summed E-state index contributed by atoms with van der Waals surface area (Å²) in [6.07, 6.45) is 8.03. The van der Waals surface area contributed by atoms with Crippen molar-refractivity contribution >= 4 is 23.2 Å². The highest BCUT2D eigenvalue weighted by Crippen LogP contribution is 2.26. The molecule has 2 unspecified atom stereocenters. The first-order valence-corrected chi connectivity index (χ1v) is 8.60. The van der Waals surface area contributed by atoms with E-state index in [9.17, 15) is 0 Å². The van der Waals surface area contributed by atoms with Gasteiger partial charge in [0.1, 0.15) is 0 Å². The van der Waals surface area contributed by atoms with Crippen LogP contribution in [0.5, 0.6) is 0 Å². The lowest BCUT2D eigenvalue weighted by Gasteiger charge is -2.25. The molecule has 3 nitrogen and oxygen atoms in total. The summed E-state index contributed by atoms with van der Waals surface area (Å²) in [6.45, 7) is 2.75. The maximum atomic E-state index is 9.08. The van der Waals surface area contributed by atoms with Gasteiger partial charge in [0.2, 0.25) is 0 Å². The predicted molar refractivity (Wildman–Crippen MR) is 94.2 cm³/mol. The molecule has 2 atom stereocenters. The smallest absolute Gasteiger partial charge is 0.0701 e. The van der Waals surface area contributed by atoms with Crippen LogP contribution in [0.3, 0.4) is 0 Å². The van der Waals surface area contributed by atoms with Gasteiger partial charge in [-0.15, -0.1) is 0 Å². The van der Waals surface area contributed by atoms with E-state index >= 15 is 0 Å². The standard InChI is InChI=1S/C18H19Cl2N3/c19-15-5-4-14(18(20)9-15)11-22-16-6-7-23(12-16)17-3-1-2-13(8-17)10-21/h1-5,9,13,16,22H,6-8,11-12H2. The molecule has 0 amide bonds. The minimum absolute atomic E-state index is 0.00915. The molecule has 5 heteroatoms. The molecule has 0 spiro atoms. The number of halogens is 2. The van der Waals surface area contributed by atoms with Crippen LogP contribution < -0.4 is 5.32 Å². The van der Waals surface area contributed by atoms with Crippen molar-refractivity contribution in [1.82, 2.24) is 10.2 Å². The molecule has 1 fully saturated rings. The second-order valence-electron chi connectivity index (χ2n) is 6.03. The molecule has 120 valence electrons. The lowest BCUT2D eigenvalue weighted by Crippen LogP contribution is -2.32. The van der Waals surface area contributed by atoms with E-state index in [-0.39, 0.29) is 5.92 Å². The summed E-state index contributed by atoms with van der Waals surface area (Å²) in [5, 5.41) is 14.0. The highest BCUT2D eigenvalue weighted by molar-refractivity contribution is 6.35. The lowest BCUT2D eigenvalue weighted by molar-refractivity contribution is 0.383. The SMILES string of the molecule is N#CC1C=CC=C(N2CCC(NCc3ccc(Cl)cc3Cl)C2)C1. The van der Waals surface area contributed by atoms with Crippen molar-refractivity contribution in [2.24, 2.45) is 5.92 Å². The molecule has 0 saturated carbocycles. The fourth-order valence-electron chi connectivity index (χ4n) is 3.09. The molecule has 2 aliphatic rings. The molecule has 0 radical (unpaired) electrons. The molecule has 1 N–H and O–H groups in total. The van der Waals surface area contributed by atoms with E-state index in [0.717, 1.165) is 38.0 Å². The van der Waals surface area contributed by atoms with Gasteiger partial charge in [0.15, 0.2) is 0 Å². The zero-order valence-corrected chi connectivity index (χ0v) is 14.3. The number of nitrogens with one attached hydrogen (secondary N) is 1. The Balaban J connectivity index is 1.53. The van der Waals surface area contributed by atoms with Gasteiger partial charge in [-0.3, -0.25) is 0 Å². The number of nitrogens with zero attached hydrogens (tertiary/aromatic N) is 2. The number of hydrogen-bond donors (Lipinski definition) is 1. The number of hydrogen-bond acceptors (Lipinski definition) is 3. The third-order valence-corrected chi connectivity index (χ3v) is 5.00. The van der Waals surface area contributed by atoms with Gasteiger partial charge in [0.05, 0.1) is 12.0 Å². The highest BCUT2D eigenvalue weighted by atomic mass is 35.5. The van der Waals surface area contributed by atoms with Crippen LogP contribution in [-0.2, 0) is 6.54 Å². The minimum Gasteiger partial charge on any atom is -0.373 e. The predicted octanol–water partition coefficient (Wildman–Crippen LogP) is 4.14. The average Bonchev–Trinajstić information content (AvgIpc) is 3.03. The van der Waals surface area contributed by atoms with Gasteiger partial charge in [-0.2, -0.15) is 5.26 Å². The van der Waals surface area contributed by atoms with Crippen molar-refractivity contribution in [2.45, 2.75) is 25.4 Å². The van der Waals surface area contributed by atoms with Crippen molar-refractivity contribution in [3.63, 3.8) is 0 Å². The van der Waals surface area contributed by atoms with Gasteiger partial charge in [-0.1, -0.05) is 41.4 Å². The van der Waals surface area contributed by atoms with Gasteiger partial charge in [0, 0.05) is 47.8 Å². The van der Waals surface area contributed by atoms with Gasteiger partial charge in [-0.05, 0) is 30.2 Å². The number of benzene rings is 1. The Hall–Kier alpha value is -1.47. The molecule has 23 heavy (non-hydrogen) atoms. The second kappa shape index (κ2) is 7.40. The summed E-state index contributed by atoms with van der Waals surface area (Å²) in [6, 6.07) is 8.39. The number of rotatable bonds is 4. The fraction of sp³-hybridized carbons (Fsp3) is 0.389. The van der Waals surface area contributed by atoms with Crippen LogP contribution in [0.25, 0.3) is 0 Å². The Kier molecular flexibility index (Phi) is 5.27. The molecule has 1 aliphatic heterocycles. The first-order valence-electron chi connectivity index (χ1n) is 7.85. The van der Waals surface area contributed by atoms with E-state index in [2.05, 4.69) is 22.4 Å². The summed E-state index contributed by atoms with van der Waals surface area (Å²) >= 11 is 12.1. The largest absolute Gasteiger partial charge is 0.373 e. The zero-order valence-electron chi connectivity index (χ0n) is 12.8. The Morgan fingerprint density at radius 2 is 2.22 bits per heavy atom. The van der Waals surface area contributed by atoms with Crippen LogP contribution in [0, 0.1) is 17.2 Å². The maximum absolute atomic E-state index is 9.08. The molecular formula is C18H19Cl2N3. The van der Waals surface area contributed by atoms with E-state index in [1.165, 1.54) is 5.70 Å². The monoisotopic (exact) mass is 347 g/mol. The number of likely N-dealkylation sites (tertiary alicyclic amines) is 1. The first-order chi connectivity index (χ1) is 11.2. The Morgan fingerprint density at radius 1 is 1.35 bits per heavy atom. The lowest BCUT2D eigenvalue weighted by atomic mass is 9.99. The number of nitriles is 1. The molecule has 0 aromatic heterocycles. The van der Waals surface area contributed by atoms with E-state index < -0.39 is 0 Å². The van der Waals surface area contributed by atoms with Crippen molar-refractivity contribution in [1.29, 1.82) is 5.26 Å². The first kappa shape index (κ1) is 16.4.